The minimum Gasteiger partial charge on any atom is -0.497 e. The lowest BCUT2D eigenvalue weighted by Gasteiger charge is -2.32. The average molecular weight is 400 g/mol. The summed E-state index contributed by atoms with van der Waals surface area (Å²) in [5.41, 5.74) is 1.59. The lowest BCUT2D eigenvalue weighted by molar-refractivity contribution is -0.127. The largest absolute Gasteiger partial charge is 0.497 e. The zero-order valence-electron chi connectivity index (χ0n) is 17.3. The first kappa shape index (κ1) is 21.1. The summed E-state index contributed by atoms with van der Waals surface area (Å²) in [4.78, 5) is 15.0. The van der Waals surface area contributed by atoms with Gasteiger partial charge < -0.3 is 14.8 Å². The summed E-state index contributed by atoms with van der Waals surface area (Å²) < 4.78 is 24.6. The number of methoxy groups -OCH3 is 2. The molecule has 0 bridgehead atoms. The number of rotatable bonds is 7. The van der Waals surface area contributed by atoms with Gasteiger partial charge in [-0.05, 0) is 57.1 Å². The number of hydrogen-bond acceptors (Lipinski definition) is 4. The Morgan fingerprint density at radius 1 is 1.17 bits per heavy atom. The molecule has 0 radical (unpaired) electrons. The van der Waals surface area contributed by atoms with Crippen LogP contribution in [-0.4, -0.2) is 38.1 Å². The molecule has 1 saturated heterocycles. The highest BCUT2D eigenvalue weighted by Crippen LogP contribution is 2.30. The topological polar surface area (TPSA) is 50.8 Å². The zero-order chi connectivity index (χ0) is 20.8. The number of carbonyl (C=O) groups excluding carboxylic acids is 1. The monoisotopic (exact) mass is 400 g/mol. The van der Waals surface area contributed by atoms with Crippen LogP contribution in [0.5, 0.6) is 11.5 Å². The number of benzene rings is 2. The number of carbonyl (C=O) groups is 1. The van der Waals surface area contributed by atoms with E-state index in [4.69, 9.17) is 9.47 Å². The first-order chi connectivity index (χ1) is 14.0. The van der Waals surface area contributed by atoms with Crippen molar-refractivity contribution in [2.75, 3.05) is 27.3 Å². The van der Waals surface area contributed by atoms with E-state index in [2.05, 4.69) is 10.2 Å². The molecule has 0 aromatic heterocycles. The second kappa shape index (κ2) is 9.74. The van der Waals surface area contributed by atoms with E-state index < -0.39 is 0 Å². The van der Waals surface area contributed by atoms with Crippen LogP contribution in [0, 0.1) is 11.7 Å². The standard InChI is InChI=1S/C23H29FN2O3/c1-16(20-14-19(28-2)8-9-22(20)29-3)25-23(27)17-10-12-26(13-11-17)15-18-6-4-5-7-21(18)24/h4-9,14,16-17H,10-13,15H2,1-3H3,(H,25,27)/t16-/m1/s1. The Hall–Kier alpha value is -2.60. The Labute approximate surface area is 171 Å². The number of nitrogens with one attached hydrogen (secondary N) is 1. The third-order valence-corrected chi connectivity index (χ3v) is 5.57. The molecule has 1 fully saturated rings. The van der Waals surface area contributed by atoms with Crippen LogP contribution < -0.4 is 14.8 Å². The van der Waals surface area contributed by atoms with Gasteiger partial charge in [0.1, 0.15) is 17.3 Å². The van der Waals surface area contributed by atoms with E-state index in [1.807, 2.05) is 37.3 Å². The van der Waals surface area contributed by atoms with E-state index in [0.29, 0.717) is 12.1 Å². The summed E-state index contributed by atoms with van der Waals surface area (Å²) in [6.45, 7) is 4.09. The van der Waals surface area contributed by atoms with Crippen molar-refractivity contribution in [2.24, 2.45) is 5.92 Å². The van der Waals surface area contributed by atoms with Crippen LogP contribution >= 0.6 is 0 Å². The Morgan fingerprint density at radius 2 is 1.90 bits per heavy atom. The summed E-state index contributed by atoms with van der Waals surface area (Å²) in [5, 5.41) is 3.11. The van der Waals surface area contributed by atoms with Crippen LogP contribution in [0.1, 0.15) is 36.9 Å². The lowest BCUT2D eigenvalue weighted by atomic mass is 9.94. The van der Waals surface area contributed by atoms with Gasteiger partial charge in [-0.25, -0.2) is 4.39 Å². The van der Waals surface area contributed by atoms with Crippen LogP contribution in [0.3, 0.4) is 0 Å². The molecule has 29 heavy (non-hydrogen) atoms. The van der Waals surface area contributed by atoms with Crippen molar-refractivity contribution in [1.82, 2.24) is 10.2 Å². The first-order valence-corrected chi connectivity index (χ1v) is 10.00. The fraction of sp³-hybridized carbons (Fsp3) is 0.435. The van der Waals surface area contributed by atoms with E-state index >= 15 is 0 Å². The molecule has 1 N–H and O–H groups in total. The molecule has 0 spiro atoms. The van der Waals surface area contributed by atoms with Gasteiger partial charge in [0.05, 0.1) is 20.3 Å². The normalized spacial score (nSPS) is 16.3. The number of piperidine rings is 1. The molecule has 1 atom stereocenters. The number of nitrogens with zero attached hydrogens (tertiary/aromatic N) is 1. The van der Waals surface area contributed by atoms with Crippen molar-refractivity contribution in [1.29, 1.82) is 0 Å². The molecule has 0 saturated carbocycles. The highest BCUT2D eigenvalue weighted by atomic mass is 19.1. The number of amides is 1. The van der Waals surface area contributed by atoms with Gasteiger partial charge >= 0.3 is 0 Å². The molecule has 0 unspecified atom stereocenters. The van der Waals surface area contributed by atoms with Crippen molar-refractivity contribution in [3.05, 3.63) is 59.4 Å². The van der Waals surface area contributed by atoms with E-state index in [1.54, 1.807) is 20.3 Å². The fourth-order valence-electron chi connectivity index (χ4n) is 3.81. The predicted molar refractivity (Wildman–Crippen MR) is 111 cm³/mol. The second-order valence-electron chi connectivity index (χ2n) is 7.48. The van der Waals surface area contributed by atoms with Crippen molar-refractivity contribution in [2.45, 2.75) is 32.4 Å². The fourth-order valence-corrected chi connectivity index (χ4v) is 3.81. The van der Waals surface area contributed by atoms with Crippen LogP contribution in [0.4, 0.5) is 4.39 Å². The smallest absolute Gasteiger partial charge is 0.223 e. The molecule has 5 nitrogen and oxygen atoms in total. The lowest BCUT2D eigenvalue weighted by Crippen LogP contribution is -2.41. The minimum absolute atomic E-state index is 0.0362. The van der Waals surface area contributed by atoms with Crippen molar-refractivity contribution in [3.63, 3.8) is 0 Å². The van der Waals surface area contributed by atoms with Crippen LogP contribution in [-0.2, 0) is 11.3 Å². The molecule has 2 aromatic carbocycles. The Balaban J connectivity index is 1.55. The van der Waals surface area contributed by atoms with Gasteiger partial charge in [0.2, 0.25) is 5.91 Å². The predicted octanol–water partition coefficient (Wildman–Crippen LogP) is 3.93. The van der Waals surface area contributed by atoms with Gasteiger partial charge in [-0.3, -0.25) is 9.69 Å². The molecular weight excluding hydrogens is 371 g/mol. The van der Waals surface area contributed by atoms with E-state index in [0.717, 1.165) is 43.0 Å². The molecule has 1 aliphatic heterocycles. The van der Waals surface area contributed by atoms with Crippen LogP contribution in [0.25, 0.3) is 0 Å². The molecule has 2 aromatic rings. The SMILES string of the molecule is COc1ccc(OC)c([C@@H](C)NC(=O)C2CCN(Cc3ccccc3F)CC2)c1. The third-order valence-electron chi connectivity index (χ3n) is 5.57. The Morgan fingerprint density at radius 3 is 2.55 bits per heavy atom. The second-order valence-corrected chi connectivity index (χ2v) is 7.48. The maximum absolute atomic E-state index is 13.9. The van der Waals surface area contributed by atoms with Crippen LogP contribution in [0.2, 0.25) is 0 Å². The van der Waals surface area contributed by atoms with Gasteiger partial charge in [-0.15, -0.1) is 0 Å². The average Bonchev–Trinajstić information content (AvgIpc) is 2.75. The summed E-state index contributed by atoms with van der Waals surface area (Å²) in [6, 6.07) is 12.2. The highest BCUT2D eigenvalue weighted by molar-refractivity contribution is 5.79. The molecule has 3 rings (SSSR count). The zero-order valence-corrected chi connectivity index (χ0v) is 17.3. The first-order valence-electron chi connectivity index (χ1n) is 10.00. The number of halogens is 1. The molecular formula is C23H29FN2O3. The summed E-state index contributed by atoms with van der Waals surface area (Å²) >= 11 is 0. The Kier molecular flexibility index (Phi) is 7.09. The molecule has 156 valence electrons. The maximum Gasteiger partial charge on any atom is 0.223 e. The maximum atomic E-state index is 13.9. The quantitative estimate of drug-likeness (QED) is 0.765. The van der Waals surface area contributed by atoms with Gasteiger partial charge in [0, 0.05) is 23.6 Å². The summed E-state index contributed by atoms with van der Waals surface area (Å²) in [7, 11) is 3.23. The van der Waals surface area contributed by atoms with Gasteiger partial charge in [0.15, 0.2) is 0 Å². The van der Waals surface area contributed by atoms with Crippen molar-refractivity contribution < 1.29 is 18.7 Å². The van der Waals surface area contributed by atoms with E-state index in [1.165, 1.54) is 6.07 Å². The summed E-state index contributed by atoms with van der Waals surface area (Å²) in [5.74, 6) is 1.29. The van der Waals surface area contributed by atoms with Gasteiger partial charge in [-0.2, -0.15) is 0 Å². The molecule has 1 aliphatic rings. The van der Waals surface area contributed by atoms with E-state index in [9.17, 15) is 9.18 Å². The number of hydrogen-bond donors (Lipinski definition) is 1. The van der Waals surface area contributed by atoms with Crippen molar-refractivity contribution in [3.8, 4) is 11.5 Å². The molecule has 1 heterocycles. The van der Waals surface area contributed by atoms with Crippen LogP contribution in [0.15, 0.2) is 42.5 Å². The van der Waals surface area contributed by atoms with E-state index in [-0.39, 0.29) is 23.7 Å². The van der Waals surface area contributed by atoms with Gasteiger partial charge in [0.25, 0.3) is 0 Å². The number of ether oxygens (including phenoxy) is 2. The van der Waals surface area contributed by atoms with Gasteiger partial charge in [-0.1, -0.05) is 18.2 Å². The molecule has 1 amide bonds. The molecule has 0 aliphatic carbocycles. The minimum atomic E-state index is -0.191. The number of likely N-dealkylation sites (tertiary alicyclic amines) is 1. The summed E-state index contributed by atoms with van der Waals surface area (Å²) in [6.07, 6.45) is 1.53. The highest BCUT2D eigenvalue weighted by Gasteiger charge is 2.27. The third kappa shape index (κ3) is 5.26. The molecule has 6 heteroatoms. The van der Waals surface area contributed by atoms with Crippen molar-refractivity contribution >= 4 is 5.91 Å². The Bertz CT molecular complexity index is 835.